The van der Waals surface area contributed by atoms with E-state index in [0.717, 1.165) is 16.1 Å². The van der Waals surface area contributed by atoms with Gasteiger partial charge in [-0.1, -0.05) is 17.7 Å². The number of thiazole rings is 1. The van der Waals surface area contributed by atoms with Crippen molar-refractivity contribution >= 4 is 51.4 Å². The number of nitrogens with one attached hydrogen (secondary N) is 1. The normalized spacial score (nSPS) is 10.6. The van der Waals surface area contributed by atoms with Gasteiger partial charge in [0.1, 0.15) is 6.07 Å². The predicted octanol–water partition coefficient (Wildman–Crippen LogP) is 5.09. The Morgan fingerprint density at radius 2 is 2.21 bits per heavy atom. The molecule has 0 aliphatic heterocycles. The van der Waals surface area contributed by atoms with Crippen LogP contribution in [0.3, 0.4) is 0 Å². The van der Waals surface area contributed by atoms with Gasteiger partial charge in [-0.15, -0.1) is 22.7 Å². The lowest BCUT2D eigenvalue weighted by molar-refractivity contribution is -0.111. The predicted molar refractivity (Wildman–Crippen MR) is 112 cm³/mol. The Morgan fingerprint density at radius 3 is 2.93 bits per heavy atom. The lowest BCUT2D eigenvalue weighted by Gasteiger charge is -2.08. The molecule has 1 aromatic carbocycles. The smallest absolute Gasteiger partial charge is 0.250 e. The van der Waals surface area contributed by atoms with Crippen LogP contribution in [-0.4, -0.2) is 24.6 Å². The highest BCUT2D eigenvalue weighted by Gasteiger charge is 2.09. The van der Waals surface area contributed by atoms with E-state index < -0.39 is 0 Å². The zero-order valence-electron chi connectivity index (χ0n) is 14.6. The van der Waals surface area contributed by atoms with Gasteiger partial charge in [-0.05, 0) is 35.9 Å². The van der Waals surface area contributed by atoms with Crippen molar-refractivity contribution in [3.05, 3.63) is 51.7 Å². The molecule has 0 unspecified atom stereocenters. The number of amides is 1. The van der Waals surface area contributed by atoms with Crippen molar-refractivity contribution in [2.45, 2.75) is 0 Å². The molecule has 142 valence electrons. The zero-order chi connectivity index (χ0) is 19.9. The summed E-state index contributed by atoms with van der Waals surface area (Å²) in [4.78, 5) is 17.5. The summed E-state index contributed by atoms with van der Waals surface area (Å²) in [5.41, 5.74) is 1.53. The summed E-state index contributed by atoms with van der Waals surface area (Å²) >= 11 is 8.72. The molecule has 0 atom stereocenters. The Bertz CT molecular complexity index is 1050. The van der Waals surface area contributed by atoms with Crippen molar-refractivity contribution in [2.24, 2.45) is 0 Å². The Labute approximate surface area is 174 Å². The first-order valence-corrected chi connectivity index (χ1v) is 10.0. The molecular formula is C19H14ClN3O3S2. The minimum atomic E-state index is -0.297. The van der Waals surface area contributed by atoms with Crippen molar-refractivity contribution in [2.75, 3.05) is 19.0 Å². The van der Waals surface area contributed by atoms with Crippen molar-refractivity contribution in [3.63, 3.8) is 0 Å². The van der Waals surface area contributed by atoms with Crippen LogP contribution in [0.5, 0.6) is 11.5 Å². The second kappa shape index (κ2) is 9.37. The van der Waals surface area contributed by atoms with E-state index in [2.05, 4.69) is 10.3 Å². The van der Waals surface area contributed by atoms with E-state index >= 15 is 0 Å². The lowest BCUT2D eigenvalue weighted by Crippen LogP contribution is -2.07. The van der Waals surface area contributed by atoms with Crippen LogP contribution in [0.25, 0.3) is 16.6 Å². The highest BCUT2D eigenvalue weighted by atomic mass is 35.5. The fraction of sp³-hybridized carbons (Fsp3) is 0.105. The summed E-state index contributed by atoms with van der Waals surface area (Å²) in [6.45, 7) is -0.0680. The number of nitrogens with zero attached hydrogens (tertiary/aromatic N) is 2. The molecule has 6 nitrogen and oxygen atoms in total. The number of thiophene rings is 1. The fourth-order valence-electron chi connectivity index (χ4n) is 2.23. The Morgan fingerprint density at radius 1 is 1.36 bits per heavy atom. The molecule has 0 saturated heterocycles. The number of nitriles is 1. The number of hydrogen-bond donors (Lipinski definition) is 1. The molecular weight excluding hydrogens is 418 g/mol. The lowest BCUT2D eigenvalue weighted by atomic mass is 10.2. The van der Waals surface area contributed by atoms with Gasteiger partial charge >= 0.3 is 0 Å². The third kappa shape index (κ3) is 5.10. The number of anilines is 1. The quantitative estimate of drug-likeness (QED) is 0.527. The van der Waals surface area contributed by atoms with Crippen LogP contribution in [-0.2, 0) is 4.79 Å². The van der Waals surface area contributed by atoms with Crippen LogP contribution < -0.4 is 14.8 Å². The van der Waals surface area contributed by atoms with E-state index in [1.165, 1.54) is 35.9 Å². The van der Waals surface area contributed by atoms with Gasteiger partial charge in [-0.3, -0.25) is 10.1 Å². The molecule has 3 rings (SSSR count). The van der Waals surface area contributed by atoms with Crippen molar-refractivity contribution in [1.29, 1.82) is 5.26 Å². The SMILES string of the molecule is COc1cc(/C=C/C(=O)Nc2nc(-c3ccc(Cl)s3)cs2)ccc1OCC#N. The molecule has 9 heteroatoms. The highest BCUT2D eigenvalue weighted by molar-refractivity contribution is 7.20. The van der Waals surface area contributed by atoms with E-state index in [0.29, 0.717) is 21.0 Å². The summed E-state index contributed by atoms with van der Waals surface area (Å²) in [6, 6.07) is 10.8. The minimum Gasteiger partial charge on any atom is -0.493 e. The third-order valence-corrected chi connectivity index (χ3v) is 5.48. The second-order valence-corrected chi connectivity index (χ2v) is 7.89. The first kappa shape index (κ1) is 19.9. The molecule has 2 aromatic heterocycles. The summed E-state index contributed by atoms with van der Waals surface area (Å²) in [5, 5.41) is 13.7. The van der Waals surface area contributed by atoms with Crippen LogP contribution in [0.1, 0.15) is 5.56 Å². The van der Waals surface area contributed by atoms with Crippen LogP contribution in [0.2, 0.25) is 4.34 Å². The van der Waals surface area contributed by atoms with Crippen LogP contribution in [0, 0.1) is 11.3 Å². The van der Waals surface area contributed by atoms with E-state index in [1.54, 1.807) is 24.3 Å². The number of hydrogen-bond acceptors (Lipinski definition) is 7. The number of methoxy groups -OCH3 is 1. The van der Waals surface area contributed by atoms with Crippen LogP contribution >= 0.6 is 34.3 Å². The average Bonchev–Trinajstić information content (AvgIpc) is 3.33. The fourth-order valence-corrected chi connectivity index (χ4v) is 4.02. The first-order chi connectivity index (χ1) is 13.6. The summed E-state index contributed by atoms with van der Waals surface area (Å²) in [5.74, 6) is 0.653. The average molecular weight is 432 g/mol. The third-order valence-electron chi connectivity index (χ3n) is 3.47. The topological polar surface area (TPSA) is 84.2 Å². The Kier molecular flexibility index (Phi) is 6.66. The molecule has 0 radical (unpaired) electrons. The second-order valence-electron chi connectivity index (χ2n) is 5.32. The highest BCUT2D eigenvalue weighted by Crippen LogP contribution is 2.33. The number of benzene rings is 1. The number of halogens is 1. The van der Waals surface area contributed by atoms with Gasteiger partial charge in [-0.25, -0.2) is 4.98 Å². The van der Waals surface area contributed by atoms with E-state index in [4.69, 9.17) is 26.3 Å². The summed E-state index contributed by atoms with van der Waals surface area (Å²) < 4.78 is 11.2. The number of aromatic nitrogens is 1. The van der Waals surface area contributed by atoms with Gasteiger partial charge in [-0.2, -0.15) is 5.26 Å². The van der Waals surface area contributed by atoms with Crippen LogP contribution in [0.4, 0.5) is 5.13 Å². The monoisotopic (exact) mass is 431 g/mol. The minimum absolute atomic E-state index is 0.0680. The molecule has 3 aromatic rings. The van der Waals surface area contributed by atoms with Gasteiger partial charge < -0.3 is 9.47 Å². The zero-order valence-corrected chi connectivity index (χ0v) is 17.0. The molecule has 1 N–H and O–H groups in total. The molecule has 0 fully saturated rings. The van der Waals surface area contributed by atoms with Crippen molar-refractivity contribution < 1.29 is 14.3 Å². The maximum atomic E-state index is 12.2. The molecule has 0 aliphatic carbocycles. The van der Waals surface area contributed by atoms with Crippen molar-refractivity contribution in [1.82, 2.24) is 4.98 Å². The molecule has 1 amide bonds. The Hall–Kier alpha value is -2.86. The largest absolute Gasteiger partial charge is 0.493 e. The van der Waals surface area contributed by atoms with E-state index in [1.807, 2.05) is 23.6 Å². The van der Waals surface area contributed by atoms with Gasteiger partial charge in [0.25, 0.3) is 0 Å². The van der Waals surface area contributed by atoms with Gasteiger partial charge in [0.05, 0.1) is 22.0 Å². The molecule has 0 saturated carbocycles. The molecule has 2 heterocycles. The van der Waals surface area contributed by atoms with Crippen molar-refractivity contribution in [3.8, 4) is 28.1 Å². The van der Waals surface area contributed by atoms with Gasteiger partial charge in [0.2, 0.25) is 5.91 Å². The van der Waals surface area contributed by atoms with E-state index in [-0.39, 0.29) is 12.5 Å². The Balaban J connectivity index is 1.64. The first-order valence-electron chi connectivity index (χ1n) is 7.97. The number of rotatable bonds is 7. The molecule has 0 spiro atoms. The molecule has 28 heavy (non-hydrogen) atoms. The standard InChI is InChI=1S/C19H14ClN3O3S2/c1-25-15-10-12(2-4-14(15)26-9-8-21)3-7-18(24)23-19-22-13(11-27-19)16-5-6-17(20)28-16/h2-7,10-11H,9H2,1H3,(H,22,23,24)/b7-3+. The summed E-state index contributed by atoms with van der Waals surface area (Å²) in [6.07, 6.45) is 3.06. The van der Waals surface area contributed by atoms with E-state index in [9.17, 15) is 4.79 Å². The molecule has 0 aliphatic rings. The summed E-state index contributed by atoms with van der Waals surface area (Å²) in [7, 11) is 1.51. The van der Waals surface area contributed by atoms with Crippen LogP contribution in [0.15, 0.2) is 41.8 Å². The number of ether oxygens (including phenoxy) is 2. The number of carbonyl (C=O) groups excluding carboxylic acids is 1. The van der Waals surface area contributed by atoms with Gasteiger partial charge in [0, 0.05) is 11.5 Å². The number of carbonyl (C=O) groups is 1. The molecule has 0 bridgehead atoms. The maximum absolute atomic E-state index is 12.2. The maximum Gasteiger partial charge on any atom is 0.250 e. The van der Waals surface area contributed by atoms with Gasteiger partial charge in [0.15, 0.2) is 23.2 Å².